The first-order valence-electron chi connectivity index (χ1n) is 5.03. The molecule has 1 aromatic heterocycles. The summed E-state index contributed by atoms with van der Waals surface area (Å²) in [6.07, 6.45) is 0. The summed E-state index contributed by atoms with van der Waals surface area (Å²) >= 11 is 5.99. The van der Waals surface area contributed by atoms with Gasteiger partial charge in [-0.25, -0.2) is 4.18 Å². The monoisotopic (exact) mass is 289 g/mol. The molecule has 96 valence electrons. The van der Waals surface area contributed by atoms with Crippen LogP contribution >= 0.6 is 11.6 Å². The van der Waals surface area contributed by atoms with Gasteiger partial charge in [0.1, 0.15) is 12.1 Å². The van der Waals surface area contributed by atoms with Crippen LogP contribution in [-0.2, 0) is 21.1 Å². The number of benzene rings is 1. The summed E-state index contributed by atoms with van der Waals surface area (Å²) in [6, 6.07) is 9.10. The van der Waals surface area contributed by atoms with E-state index in [0.29, 0.717) is 5.15 Å². The minimum absolute atomic E-state index is 0.115. The van der Waals surface area contributed by atoms with E-state index in [1.807, 2.05) is 24.3 Å². The predicted molar refractivity (Wildman–Crippen MR) is 64.4 cm³/mol. The highest BCUT2D eigenvalue weighted by atomic mass is 35.5. The lowest BCUT2D eigenvalue weighted by Crippen LogP contribution is -2.41. The summed E-state index contributed by atoms with van der Waals surface area (Å²) < 4.78 is 34.8. The first-order valence-corrected chi connectivity index (χ1v) is 6.77. The van der Waals surface area contributed by atoms with Crippen molar-refractivity contribution in [3.63, 3.8) is 0 Å². The third-order valence-corrected chi connectivity index (χ3v) is 2.99. The van der Waals surface area contributed by atoms with Crippen LogP contribution < -0.4 is 4.68 Å². The number of hydrogen-bond donors (Lipinski definition) is 1. The SMILES string of the molecule is O=S(=O)(O)OCC[n+]1nc2ccccc2cc1Cl. The molecule has 18 heavy (non-hydrogen) atoms. The largest absolute Gasteiger partial charge is 0.397 e. The van der Waals surface area contributed by atoms with Gasteiger partial charge in [-0.3, -0.25) is 4.55 Å². The van der Waals surface area contributed by atoms with Gasteiger partial charge in [0.15, 0.2) is 0 Å². The van der Waals surface area contributed by atoms with Crippen LogP contribution in [0.3, 0.4) is 0 Å². The van der Waals surface area contributed by atoms with E-state index in [0.717, 1.165) is 10.9 Å². The lowest BCUT2D eigenvalue weighted by Gasteiger charge is -1.99. The van der Waals surface area contributed by atoms with Crippen molar-refractivity contribution in [3.8, 4) is 0 Å². The Morgan fingerprint density at radius 1 is 1.39 bits per heavy atom. The van der Waals surface area contributed by atoms with Gasteiger partial charge in [-0.15, -0.1) is 0 Å². The number of fused-ring (bicyclic) bond motifs is 1. The highest BCUT2D eigenvalue weighted by molar-refractivity contribution is 7.80. The Morgan fingerprint density at radius 3 is 2.83 bits per heavy atom. The number of nitrogens with zero attached hydrogens (tertiary/aromatic N) is 2. The van der Waals surface area contributed by atoms with E-state index in [1.54, 1.807) is 6.07 Å². The summed E-state index contributed by atoms with van der Waals surface area (Å²) in [5, 5.41) is 5.46. The van der Waals surface area contributed by atoms with Crippen LogP contribution in [0.2, 0.25) is 5.15 Å². The molecule has 0 atom stereocenters. The van der Waals surface area contributed by atoms with Crippen molar-refractivity contribution in [2.45, 2.75) is 6.54 Å². The smallest absolute Gasteiger partial charge is 0.264 e. The van der Waals surface area contributed by atoms with E-state index in [9.17, 15) is 8.42 Å². The van der Waals surface area contributed by atoms with Gasteiger partial charge in [0.05, 0.1) is 0 Å². The van der Waals surface area contributed by atoms with Gasteiger partial charge in [-0.2, -0.15) is 8.42 Å². The Labute approximate surface area is 109 Å². The van der Waals surface area contributed by atoms with Crippen molar-refractivity contribution in [2.75, 3.05) is 6.61 Å². The number of hydrogen-bond acceptors (Lipinski definition) is 4. The fraction of sp³-hybridized carbons (Fsp3) is 0.200. The second kappa shape index (κ2) is 5.15. The first kappa shape index (κ1) is 13.2. The maximum Gasteiger partial charge on any atom is 0.397 e. The molecule has 0 amide bonds. The second-order valence-electron chi connectivity index (χ2n) is 3.50. The highest BCUT2D eigenvalue weighted by Gasteiger charge is 2.14. The highest BCUT2D eigenvalue weighted by Crippen LogP contribution is 2.12. The van der Waals surface area contributed by atoms with Gasteiger partial charge in [-0.1, -0.05) is 22.9 Å². The molecule has 6 nitrogen and oxygen atoms in total. The predicted octanol–water partition coefficient (Wildman–Crippen LogP) is 0.995. The lowest BCUT2D eigenvalue weighted by molar-refractivity contribution is -0.749. The molecular formula is C10H10ClN2O4S+. The molecule has 0 radical (unpaired) electrons. The number of rotatable bonds is 4. The van der Waals surface area contributed by atoms with Crippen LogP contribution in [-0.4, -0.2) is 24.7 Å². The minimum atomic E-state index is -4.43. The van der Waals surface area contributed by atoms with Gasteiger partial charge in [0.2, 0.25) is 6.54 Å². The maximum absolute atomic E-state index is 10.4. The number of aromatic nitrogens is 2. The topological polar surface area (TPSA) is 80.4 Å². The molecule has 2 rings (SSSR count). The lowest BCUT2D eigenvalue weighted by atomic mass is 10.2. The molecule has 0 aliphatic heterocycles. The second-order valence-corrected chi connectivity index (χ2v) is 4.98. The van der Waals surface area contributed by atoms with E-state index in [-0.39, 0.29) is 13.2 Å². The van der Waals surface area contributed by atoms with Gasteiger partial charge in [-0.05, 0) is 17.7 Å². The van der Waals surface area contributed by atoms with Crippen molar-refractivity contribution in [2.24, 2.45) is 0 Å². The zero-order valence-corrected chi connectivity index (χ0v) is 10.7. The molecule has 1 heterocycles. The van der Waals surface area contributed by atoms with Gasteiger partial charge < -0.3 is 0 Å². The van der Waals surface area contributed by atoms with Crippen molar-refractivity contribution in [1.29, 1.82) is 0 Å². The summed E-state index contributed by atoms with van der Waals surface area (Å²) in [5.41, 5.74) is 0.730. The third-order valence-electron chi connectivity index (χ3n) is 2.22. The Bertz CT molecular complexity index is 675. The zero-order valence-electron chi connectivity index (χ0n) is 9.15. The van der Waals surface area contributed by atoms with Crippen LogP contribution in [0.4, 0.5) is 0 Å². The fourth-order valence-corrected chi connectivity index (χ4v) is 1.99. The average molecular weight is 290 g/mol. The van der Waals surface area contributed by atoms with Crippen LogP contribution in [0.25, 0.3) is 10.9 Å². The maximum atomic E-state index is 10.4. The molecule has 0 unspecified atom stereocenters. The molecule has 8 heteroatoms. The van der Waals surface area contributed by atoms with Crippen LogP contribution in [0.5, 0.6) is 0 Å². The summed E-state index contributed by atoms with van der Waals surface area (Å²) in [6.45, 7) is -0.127. The Morgan fingerprint density at radius 2 is 2.11 bits per heavy atom. The molecule has 1 N–H and O–H groups in total. The van der Waals surface area contributed by atoms with Crippen LogP contribution in [0, 0.1) is 0 Å². The van der Waals surface area contributed by atoms with Gasteiger partial charge >= 0.3 is 15.6 Å². The van der Waals surface area contributed by atoms with E-state index >= 15 is 0 Å². The Kier molecular flexibility index (Phi) is 3.76. The normalized spacial score (nSPS) is 11.9. The summed E-state index contributed by atoms with van der Waals surface area (Å²) in [4.78, 5) is 0. The summed E-state index contributed by atoms with van der Waals surface area (Å²) in [5.74, 6) is 0. The fourth-order valence-electron chi connectivity index (χ4n) is 1.47. The molecule has 0 spiro atoms. The molecule has 1 aromatic carbocycles. The minimum Gasteiger partial charge on any atom is -0.264 e. The average Bonchev–Trinajstić information content (AvgIpc) is 2.28. The van der Waals surface area contributed by atoms with Gasteiger partial charge in [0, 0.05) is 16.6 Å². The molecule has 0 aliphatic rings. The molecule has 0 bridgehead atoms. The van der Waals surface area contributed by atoms with Crippen molar-refractivity contribution >= 4 is 32.9 Å². The Balaban J connectivity index is 2.20. The zero-order chi connectivity index (χ0) is 13.2. The van der Waals surface area contributed by atoms with Crippen molar-refractivity contribution < 1.29 is 21.8 Å². The van der Waals surface area contributed by atoms with E-state index in [4.69, 9.17) is 16.2 Å². The van der Waals surface area contributed by atoms with Crippen LogP contribution in [0.1, 0.15) is 0 Å². The standard InChI is InChI=1S/C10H9ClN2O4S/c11-10-7-8-3-1-2-4-9(8)12-13(10)5-6-17-18(14,15)16/h1-4,7H,5-6H2/p+1. The van der Waals surface area contributed by atoms with Crippen molar-refractivity contribution in [1.82, 2.24) is 5.10 Å². The molecule has 0 saturated carbocycles. The third kappa shape index (κ3) is 3.36. The molecule has 0 saturated heterocycles. The molecule has 0 aliphatic carbocycles. The molecule has 2 aromatic rings. The summed E-state index contributed by atoms with van der Waals surface area (Å²) in [7, 11) is -4.43. The quantitative estimate of drug-likeness (QED) is 0.671. The van der Waals surface area contributed by atoms with Crippen molar-refractivity contribution in [3.05, 3.63) is 35.5 Å². The first-order chi connectivity index (χ1) is 8.46. The van der Waals surface area contributed by atoms with E-state index < -0.39 is 10.4 Å². The van der Waals surface area contributed by atoms with Gasteiger partial charge in [0.25, 0.3) is 0 Å². The molecule has 0 fully saturated rings. The van der Waals surface area contributed by atoms with Crippen LogP contribution in [0.15, 0.2) is 30.3 Å². The molecular weight excluding hydrogens is 280 g/mol. The Hall–Kier alpha value is -1.28. The van der Waals surface area contributed by atoms with E-state index in [1.165, 1.54) is 4.68 Å². The number of halogens is 1. The van der Waals surface area contributed by atoms with E-state index in [2.05, 4.69) is 9.28 Å².